The van der Waals surface area contributed by atoms with Gasteiger partial charge in [0, 0.05) is 22.8 Å². The Kier molecular flexibility index (Phi) is 3.44. The molecule has 0 aromatic carbocycles. The zero-order chi connectivity index (χ0) is 10.7. The molecule has 0 aliphatic rings. The molecule has 0 fully saturated rings. The van der Waals surface area contributed by atoms with Gasteiger partial charge < -0.3 is 4.42 Å². The van der Waals surface area contributed by atoms with Gasteiger partial charge in [-0.15, -0.1) is 0 Å². The van der Waals surface area contributed by atoms with Gasteiger partial charge in [-0.3, -0.25) is 4.98 Å². The van der Waals surface area contributed by atoms with Crippen molar-refractivity contribution in [2.45, 2.75) is 11.2 Å². The zero-order valence-electron chi connectivity index (χ0n) is 7.86. The summed E-state index contributed by atoms with van der Waals surface area (Å²) in [4.78, 5) is 4.15. The molecule has 0 radical (unpaired) electrons. The summed E-state index contributed by atoms with van der Waals surface area (Å²) in [5, 5.41) is 0.450. The molecule has 1 unspecified atom stereocenters. The van der Waals surface area contributed by atoms with E-state index in [1.165, 1.54) is 5.56 Å². The summed E-state index contributed by atoms with van der Waals surface area (Å²) in [5.41, 5.74) is 2.19. The summed E-state index contributed by atoms with van der Waals surface area (Å²) < 4.78 is 5.05. The van der Waals surface area contributed by atoms with E-state index in [1.54, 1.807) is 18.7 Å². The van der Waals surface area contributed by atoms with Crippen LogP contribution in [0, 0.1) is 0 Å². The topological polar surface area (TPSA) is 26.0 Å². The fourth-order valence-corrected chi connectivity index (χ4v) is 2.48. The van der Waals surface area contributed by atoms with Crippen molar-refractivity contribution in [3.8, 4) is 0 Å². The molecular formula is C11H9BrClNO. The minimum Gasteiger partial charge on any atom is -0.453 e. The van der Waals surface area contributed by atoms with E-state index in [9.17, 15) is 0 Å². The first kappa shape index (κ1) is 10.7. The van der Waals surface area contributed by atoms with Crippen LogP contribution in [0.5, 0.6) is 0 Å². The second-order valence-electron chi connectivity index (χ2n) is 3.18. The van der Waals surface area contributed by atoms with E-state index in [0.717, 1.165) is 12.0 Å². The molecule has 0 aliphatic heterocycles. The molecule has 2 nitrogen and oxygen atoms in total. The predicted octanol–water partition coefficient (Wildman–Crippen LogP) is 4.01. The van der Waals surface area contributed by atoms with E-state index >= 15 is 0 Å². The first-order valence-electron chi connectivity index (χ1n) is 4.53. The standard InChI is InChI=1S/C11H9BrClNO/c12-10(9-3-6-15-11(9)13)7-8-1-4-14-5-2-8/h1-6,10H,7H2. The number of pyridine rings is 1. The number of alkyl halides is 1. The third-order valence-corrected chi connectivity index (χ3v) is 3.27. The molecule has 2 aromatic heterocycles. The molecule has 0 aliphatic carbocycles. The lowest BCUT2D eigenvalue weighted by molar-refractivity contribution is 0.565. The summed E-state index contributed by atoms with van der Waals surface area (Å²) in [7, 11) is 0. The monoisotopic (exact) mass is 285 g/mol. The highest BCUT2D eigenvalue weighted by Gasteiger charge is 2.14. The fourth-order valence-electron chi connectivity index (χ4n) is 1.36. The Labute approximate surface area is 101 Å². The number of hydrogen-bond donors (Lipinski definition) is 0. The molecule has 0 saturated heterocycles. The van der Waals surface area contributed by atoms with E-state index < -0.39 is 0 Å². The maximum absolute atomic E-state index is 5.89. The molecule has 15 heavy (non-hydrogen) atoms. The Morgan fingerprint density at radius 2 is 2.07 bits per heavy atom. The number of halogens is 2. The van der Waals surface area contributed by atoms with Crippen molar-refractivity contribution >= 4 is 27.5 Å². The maximum Gasteiger partial charge on any atom is 0.197 e. The van der Waals surface area contributed by atoms with E-state index in [0.29, 0.717) is 5.22 Å². The largest absolute Gasteiger partial charge is 0.453 e. The van der Waals surface area contributed by atoms with Crippen molar-refractivity contribution in [3.05, 3.63) is 53.2 Å². The molecule has 78 valence electrons. The molecule has 2 aromatic rings. The first-order chi connectivity index (χ1) is 7.27. The van der Waals surface area contributed by atoms with Gasteiger partial charge in [-0.1, -0.05) is 15.9 Å². The van der Waals surface area contributed by atoms with Crippen LogP contribution in [-0.2, 0) is 6.42 Å². The van der Waals surface area contributed by atoms with Crippen LogP contribution in [-0.4, -0.2) is 4.98 Å². The molecule has 1 atom stereocenters. The third kappa shape index (κ3) is 2.61. The van der Waals surface area contributed by atoms with Gasteiger partial charge in [-0.2, -0.15) is 0 Å². The van der Waals surface area contributed by atoms with Crippen LogP contribution < -0.4 is 0 Å². The Hall–Kier alpha value is -0.800. The summed E-state index contributed by atoms with van der Waals surface area (Å²) in [6.45, 7) is 0. The van der Waals surface area contributed by atoms with Crippen LogP contribution in [0.1, 0.15) is 16.0 Å². The second kappa shape index (κ2) is 4.81. The maximum atomic E-state index is 5.89. The van der Waals surface area contributed by atoms with Gasteiger partial charge in [0.2, 0.25) is 0 Å². The van der Waals surface area contributed by atoms with Gasteiger partial charge in [0.15, 0.2) is 5.22 Å². The van der Waals surface area contributed by atoms with Crippen molar-refractivity contribution in [3.63, 3.8) is 0 Å². The Morgan fingerprint density at radius 3 is 2.67 bits per heavy atom. The van der Waals surface area contributed by atoms with E-state index in [-0.39, 0.29) is 4.83 Å². The molecule has 0 spiro atoms. The van der Waals surface area contributed by atoms with E-state index in [2.05, 4.69) is 20.9 Å². The van der Waals surface area contributed by atoms with Crippen LogP contribution in [0.2, 0.25) is 5.22 Å². The Balaban J connectivity index is 2.11. The zero-order valence-corrected chi connectivity index (χ0v) is 10.2. The van der Waals surface area contributed by atoms with Gasteiger partial charge in [0.05, 0.1) is 6.26 Å². The van der Waals surface area contributed by atoms with Crippen LogP contribution >= 0.6 is 27.5 Å². The van der Waals surface area contributed by atoms with Crippen molar-refractivity contribution in [1.29, 1.82) is 0 Å². The minimum absolute atomic E-state index is 0.172. The predicted molar refractivity (Wildman–Crippen MR) is 63.3 cm³/mol. The molecule has 0 saturated carbocycles. The van der Waals surface area contributed by atoms with Gasteiger partial charge in [0.25, 0.3) is 0 Å². The molecule has 0 amide bonds. The lowest BCUT2D eigenvalue weighted by atomic mass is 10.1. The average molecular weight is 287 g/mol. The average Bonchev–Trinajstić information content (AvgIpc) is 2.66. The van der Waals surface area contributed by atoms with Gasteiger partial charge in [0.1, 0.15) is 0 Å². The summed E-state index contributed by atoms with van der Waals surface area (Å²) in [5.74, 6) is 0. The third-order valence-electron chi connectivity index (χ3n) is 2.15. The number of nitrogens with zero attached hydrogens (tertiary/aromatic N) is 1. The Morgan fingerprint density at radius 1 is 1.33 bits per heavy atom. The van der Waals surface area contributed by atoms with Gasteiger partial charge in [-0.25, -0.2) is 0 Å². The molecule has 0 bridgehead atoms. The highest BCUT2D eigenvalue weighted by Crippen LogP contribution is 2.32. The summed E-state index contributed by atoms with van der Waals surface area (Å²) in [6, 6.07) is 5.85. The van der Waals surface area contributed by atoms with Crippen molar-refractivity contribution in [1.82, 2.24) is 4.98 Å². The van der Waals surface area contributed by atoms with E-state index in [4.69, 9.17) is 16.0 Å². The quantitative estimate of drug-likeness (QED) is 0.797. The first-order valence-corrected chi connectivity index (χ1v) is 5.82. The second-order valence-corrected chi connectivity index (χ2v) is 4.63. The molecule has 2 heterocycles. The van der Waals surface area contributed by atoms with Crippen LogP contribution in [0.25, 0.3) is 0 Å². The van der Waals surface area contributed by atoms with Crippen LogP contribution in [0.3, 0.4) is 0 Å². The molecular weight excluding hydrogens is 277 g/mol. The summed E-state index contributed by atoms with van der Waals surface area (Å²) in [6.07, 6.45) is 6.03. The molecule has 2 rings (SSSR count). The van der Waals surface area contributed by atoms with Crippen molar-refractivity contribution in [2.24, 2.45) is 0 Å². The molecule has 0 N–H and O–H groups in total. The number of hydrogen-bond acceptors (Lipinski definition) is 2. The molecule has 4 heteroatoms. The van der Waals surface area contributed by atoms with E-state index in [1.807, 2.05) is 18.2 Å². The lowest BCUT2D eigenvalue weighted by Gasteiger charge is -2.07. The number of furan rings is 1. The Bertz CT molecular complexity index is 429. The van der Waals surface area contributed by atoms with Gasteiger partial charge in [-0.05, 0) is 41.8 Å². The van der Waals surface area contributed by atoms with Crippen LogP contribution in [0.4, 0.5) is 0 Å². The minimum atomic E-state index is 0.172. The summed E-state index contributed by atoms with van der Waals surface area (Å²) >= 11 is 9.48. The normalized spacial score (nSPS) is 12.7. The van der Waals surface area contributed by atoms with Gasteiger partial charge >= 0.3 is 0 Å². The highest BCUT2D eigenvalue weighted by atomic mass is 79.9. The highest BCUT2D eigenvalue weighted by molar-refractivity contribution is 9.09. The van der Waals surface area contributed by atoms with Crippen molar-refractivity contribution < 1.29 is 4.42 Å². The van der Waals surface area contributed by atoms with Crippen molar-refractivity contribution in [2.75, 3.05) is 0 Å². The number of rotatable bonds is 3. The lowest BCUT2D eigenvalue weighted by Crippen LogP contribution is -1.94. The SMILES string of the molecule is Clc1occc1C(Br)Cc1ccncc1. The number of aromatic nitrogens is 1. The fraction of sp³-hybridized carbons (Fsp3) is 0.182. The smallest absolute Gasteiger partial charge is 0.197 e. The van der Waals surface area contributed by atoms with Crippen LogP contribution in [0.15, 0.2) is 41.3 Å².